The van der Waals surface area contributed by atoms with E-state index in [4.69, 9.17) is 4.74 Å². The molecule has 0 N–H and O–H groups in total. The standard InChI is InChI=1S/C26H21NO2S2/c1-29-25(28)24-23(30-19-27-24)17-18-31-26(20-11-5-2-6-12-20,21-13-7-3-8-14-21)22-15-9-4-10-16-22/h2-19H,1H3/b18-17+. The van der Waals surface area contributed by atoms with Gasteiger partial charge in [0.1, 0.15) is 0 Å². The first kappa shape index (κ1) is 21.1. The highest BCUT2D eigenvalue weighted by atomic mass is 32.2. The lowest BCUT2D eigenvalue weighted by Gasteiger charge is -2.34. The number of rotatable bonds is 7. The van der Waals surface area contributed by atoms with Crippen LogP contribution >= 0.6 is 23.1 Å². The molecule has 0 spiro atoms. The SMILES string of the molecule is COC(=O)c1ncsc1/C=C/SC(c1ccccc1)(c1ccccc1)c1ccccc1. The van der Waals surface area contributed by atoms with Gasteiger partial charge in [-0.1, -0.05) is 91.0 Å². The van der Waals surface area contributed by atoms with Crippen LogP contribution in [0.15, 0.2) is 102 Å². The normalized spacial score (nSPS) is 11.5. The Morgan fingerprint density at radius 3 is 1.81 bits per heavy atom. The fraction of sp³-hybridized carbons (Fsp3) is 0.0769. The van der Waals surface area contributed by atoms with E-state index in [9.17, 15) is 4.79 Å². The Kier molecular flexibility index (Phi) is 6.65. The summed E-state index contributed by atoms with van der Waals surface area (Å²) < 4.78 is 4.41. The average Bonchev–Trinajstić information content (AvgIpc) is 3.32. The predicted molar refractivity (Wildman–Crippen MR) is 129 cm³/mol. The number of hydrogen-bond donors (Lipinski definition) is 0. The van der Waals surface area contributed by atoms with Crippen molar-refractivity contribution in [3.05, 3.63) is 129 Å². The lowest BCUT2D eigenvalue weighted by molar-refractivity contribution is 0.0594. The maximum Gasteiger partial charge on any atom is 0.358 e. The molecule has 0 atom stereocenters. The molecule has 0 unspecified atom stereocenters. The number of thiazole rings is 1. The number of esters is 1. The van der Waals surface area contributed by atoms with Crippen LogP contribution in [0.4, 0.5) is 0 Å². The second kappa shape index (κ2) is 9.77. The van der Waals surface area contributed by atoms with E-state index in [1.165, 1.54) is 35.1 Å². The minimum Gasteiger partial charge on any atom is -0.464 e. The molecule has 3 nitrogen and oxygen atoms in total. The monoisotopic (exact) mass is 443 g/mol. The number of aromatic nitrogens is 1. The van der Waals surface area contributed by atoms with E-state index in [1.807, 2.05) is 29.7 Å². The zero-order chi connectivity index (χ0) is 21.5. The summed E-state index contributed by atoms with van der Waals surface area (Å²) in [4.78, 5) is 16.9. The molecule has 3 aromatic carbocycles. The van der Waals surface area contributed by atoms with Crippen molar-refractivity contribution >= 4 is 35.1 Å². The Balaban J connectivity index is 1.83. The minimum absolute atomic E-state index is 0.342. The third kappa shape index (κ3) is 4.33. The lowest BCUT2D eigenvalue weighted by atomic mass is 9.84. The van der Waals surface area contributed by atoms with Crippen molar-refractivity contribution in [3.8, 4) is 0 Å². The van der Waals surface area contributed by atoms with Gasteiger partial charge in [-0.25, -0.2) is 9.78 Å². The van der Waals surface area contributed by atoms with Crippen molar-refractivity contribution in [1.29, 1.82) is 0 Å². The van der Waals surface area contributed by atoms with Crippen LogP contribution in [0.3, 0.4) is 0 Å². The maximum atomic E-state index is 12.0. The van der Waals surface area contributed by atoms with Crippen LogP contribution in [-0.4, -0.2) is 18.1 Å². The van der Waals surface area contributed by atoms with Crippen LogP contribution in [-0.2, 0) is 9.48 Å². The van der Waals surface area contributed by atoms with Crippen LogP contribution in [0.1, 0.15) is 32.1 Å². The summed E-state index contributed by atoms with van der Waals surface area (Å²) in [6, 6.07) is 31.5. The first-order valence-corrected chi connectivity index (χ1v) is 11.5. The summed E-state index contributed by atoms with van der Waals surface area (Å²) in [5.74, 6) is -0.425. The first-order chi connectivity index (χ1) is 15.3. The summed E-state index contributed by atoms with van der Waals surface area (Å²) in [6.07, 6.45) is 1.94. The van der Waals surface area contributed by atoms with E-state index < -0.39 is 10.7 Å². The molecule has 4 aromatic rings. The van der Waals surface area contributed by atoms with E-state index in [0.29, 0.717) is 5.69 Å². The number of methoxy groups -OCH3 is 1. The number of hydrogen-bond acceptors (Lipinski definition) is 5. The second-order valence-corrected chi connectivity index (χ2v) is 8.76. The molecule has 0 saturated carbocycles. The van der Waals surface area contributed by atoms with E-state index in [2.05, 4.69) is 77.8 Å². The Hall–Kier alpha value is -3.15. The van der Waals surface area contributed by atoms with E-state index in [0.717, 1.165) is 4.88 Å². The number of carbonyl (C=O) groups excluding carboxylic acids is 1. The van der Waals surface area contributed by atoms with Gasteiger partial charge in [-0.15, -0.1) is 23.1 Å². The summed E-state index contributed by atoms with van der Waals surface area (Å²) in [6.45, 7) is 0. The molecule has 0 bridgehead atoms. The molecule has 1 heterocycles. The average molecular weight is 444 g/mol. The lowest BCUT2D eigenvalue weighted by Crippen LogP contribution is -2.24. The Labute approximate surface area is 190 Å². The zero-order valence-electron chi connectivity index (χ0n) is 17.0. The number of benzene rings is 3. The van der Waals surface area contributed by atoms with Crippen molar-refractivity contribution in [2.24, 2.45) is 0 Å². The minimum atomic E-state index is -0.448. The number of ether oxygens (including phenoxy) is 1. The summed E-state index contributed by atoms with van der Waals surface area (Å²) >= 11 is 3.12. The number of nitrogens with zero attached hydrogens (tertiary/aromatic N) is 1. The molecule has 0 aliphatic carbocycles. The largest absolute Gasteiger partial charge is 0.464 e. The van der Waals surface area contributed by atoms with Crippen molar-refractivity contribution < 1.29 is 9.53 Å². The molecule has 0 radical (unpaired) electrons. The highest BCUT2D eigenvalue weighted by Gasteiger charge is 2.36. The van der Waals surface area contributed by atoms with Gasteiger partial charge in [0, 0.05) is 0 Å². The highest BCUT2D eigenvalue weighted by Crippen LogP contribution is 2.49. The molecule has 0 fully saturated rings. The summed E-state index contributed by atoms with van der Waals surface area (Å²) in [5, 5.41) is 2.05. The van der Waals surface area contributed by atoms with Gasteiger partial charge >= 0.3 is 5.97 Å². The summed E-state index contributed by atoms with van der Waals surface area (Å²) in [5.41, 5.74) is 5.54. The maximum absolute atomic E-state index is 12.0. The number of carbonyl (C=O) groups is 1. The summed E-state index contributed by atoms with van der Waals surface area (Å²) in [7, 11) is 1.37. The van der Waals surface area contributed by atoms with Gasteiger partial charge in [-0.05, 0) is 28.2 Å². The van der Waals surface area contributed by atoms with Crippen LogP contribution in [0.2, 0.25) is 0 Å². The van der Waals surface area contributed by atoms with Crippen LogP contribution in [0, 0.1) is 0 Å². The Morgan fingerprint density at radius 2 is 1.35 bits per heavy atom. The molecule has 0 amide bonds. The van der Waals surface area contributed by atoms with E-state index in [-0.39, 0.29) is 0 Å². The smallest absolute Gasteiger partial charge is 0.358 e. The van der Waals surface area contributed by atoms with Gasteiger partial charge in [0.2, 0.25) is 0 Å². The Bertz CT molecular complexity index is 1060. The molecule has 5 heteroatoms. The van der Waals surface area contributed by atoms with Gasteiger partial charge in [-0.2, -0.15) is 0 Å². The molecular weight excluding hydrogens is 422 g/mol. The molecular formula is C26H21NO2S2. The molecule has 31 heavy (non-hydrogen) atoms. The molecule has 4 rings (SSSR count). The van der Waals surface area contributed by atoms with Gasteiger partial charge in [-0.3, -0.25) is 0 Å². The third-order valence-corrected chi connectivity index (χ3v) is 7.11. The molecule has 0 aliphatic heterocycles. The molecule has 1 aromatic heterocycles. The Morgan fingerprint density at radius 1 is 0.871 bits per heavy atom. The van der Waals surface area contributed by atoms with Gasteiger partial charge in [0.25, 0.3) is 0 Å². The first-order valence-electron chi connectivity index (χ1n) is 9.78. The molecule has 0 aliphatic rings. The van der Waals surface area contributed by atoms with Gasteiger partial charge < -0.3 is 4.74 Å². The molecule has 0 saturated heterocycles. The van der Waals surface area contributed by atoms with E-state index in [1.54, 1.807) is 17.3 Å². The van der Waals surface area contributed by atoms with Crippen LogP contribution in [0.25, 0.3) is 6.08 Å². The number of thioether (sulfide) groups is 1. The third-order valence-electron chi connectivity index (χ3n) is 4.98. The van der Waals surface area contributed by atoms with Crippen molar-refractivity contribution in [3.63, 3.8) is 0 Å². The zero-order valence-corrected chi connectivity index (χ0v) is 18.6. The van der Waals surface area contributed by atoms with Crippen LogP contribution < -0.4 is 0 Å². The van der Waals surface area contributed by atoms with Crippen molar-refractivity contribution in [2.75, 3.05) is 7.11 Å². The van der Waals surface area contributed by atoms with Gasteiger partial charge in [0.05, 0.1) is 22.2 Å². The fourth-order valence-corrected chi connectivity index (χ4v) is 5.52. The van der Waals surface area contributed by atoms with Crippen molar-refractivity contribution in [2.45, 2.75) is 4.75 Å². The predicted octanol–water partition coefficient (Wildman–Crippen LogP) is 6.63. The fourth-order valence-electron chi connectivity index (χ4n) is 3.54. The molecule has 154 valence electrons. The highest BCUT2D eigenvalue weighted by molar-refractivity contribution is 8.03. The quantitative estimate of drug-likeness (QED) is 0.237. The van der Waals surface area contributed by atoms with E-state index >= 15 is 0 Å². The topological polar surface area (TPSA) is 39.2 Å². The van der Waals surface area contributed by atoms with Gasteiger partial charge in [0.15, 0.2) is 5.69 Å². The second-order valence-electron chi connectivity index (χ2n) is 6.76. The van der Waals surface area contributed by atoms with Crippen LogP contribution in [0.5, 0.6) is 0 Å². The van der Waals surface area contributed by atoms with Crippen molar-refractivity contribution in [1.82, 2.24) is 4.98 Å².